The fourth-order valence-electron chi connectivity index (χ4n) is 3.16. The van der Waals surface area contributed by atoms with Crippen LogP contribution in [0.4, 0.5) is 0 Å². The summed E-state index contributed by atoms with van der Waals surface area (Å²) < 4.78 is 3.28. The predicted octanol–water partition coefficient (Wildman–Crippen LogP) is 6.10. The third-order valence-electron chi connectivity index (χ3n) is 4.61. The van der Waals surface area contributed by atoms with Crippen molar-refractivity contribution >= 4 is 54.9 Å². The molecule has 0 aliphatic carbocycles. The minimum Gasteiger partial charge on any atom is -0.507 e. The van der Waals surface area contributed by atoms with Gasteiger partial charge in [-0.2, -0.15) is 0 Å². The Hall–Kier alpha value is -2.70. The van der Waals surface area contributed by atoms with E-state index < -0.39 is 0 Å². The molecular formula is C23H16Br2N2O2. The molecule has 0 bridgehead atoms. The van der Waals surface area contributed by atoms with Crippen molar-refractivity contribution in [1.82, 2.24) is 9.55 Å². The SMILES string of the molecule is Cc1ccccc1-n1c(/C=C/c2cc(Br)ccc2O)nc2ccc(Br)cc2c1=O. The molecule has 0 radical (unpaired) electrons. The van der Waals surface area contributed by atoms with Crippen LogP contribution in [-0.4, -0.2) is 14.7 Å². The van der Waals surface area contributed by atoms with E-state index in [0.29, 0.717) is 22.3 Å². The van der Waals surface area contributed by atoms with Crippen LogP contribution in [0.5, 0.6) is 5.75 Å². The largest absolute Gasteiger partial charge is 0.507 e. The predicted molar refractivity (Wildman–Crippen MR) is 125 cm³/mol. The first-order valence-electron chi connectivity index (χ1n) is 8.89. The van der Waals surface area contributed by atoms with Crippen LogP contribution in [0.3, 0.4) is 0 Å². The maximum Gasteiger partial charge on any atom is 0.266 e. The number of rotatable bonds is 3. The van der Waals surface area contributed by atoms with Crippen molar-refractivity contribution in [2.45, 2.75) is 6.92 Å². The van der Waals surface area contributed by atoms with Crippen molar-refractivity contribution in [3.05, 3.63) is 96.9 Å². The first-order chi connectivity index (χ1) is 13.9. The molecule has 0 saturated heterocycles. The summed E-state index contributed by atoms with van der Waals surface area (Å²) in [6.07, 6.45) is 3.50. The van der Waals surface area contributed by atoms with E-state index in [2.05, 4.69) is 31.9 Å². The highest BCUT2D eigenvalue weighted by molar-refractivity contribution is 9.10. The quantitative estimate of drug-likeness (QED) is 0.362. The molecule has 29 heavy (non-hydrogen) atoms. The van der Waals surface area contributed by atoms with Gasteiger partial charge >= 0.3 is 0 Å². The number of aryl methyl sites for hydroxylation is 1. The Morgan fingerprint density at radius 2 is 1.69 bits per heavy atom. The first kappa shape index (κ1) is 19.6. The molecule has 1 N–H and O–H groups in total. The average molecular weight is 512 g/mol. The number of para-hydroxylation sites is 1. The molecule has 0 spiro atoms. The highest BCUT2D eigenvalue weighted by atomic mass is 79.9. The Morgan fingerprint density at radius 3 is 2.48 bits per heavy atom. The molecule has 4 aromatic rings. The molecule has 144 valence electrons. The summed E-state index contributed by atoms with van der Waals surface area (Å²) in [5.74, 6) is 0.637. The smallest absolute Gasteiger partial charge is 0.266 e. The molecule has 3 aromatic carbocycles. The standard InChI is InChI=1S/C23H16Br2N2O2/c1-14-4-2-3-5-20(14)27-22(11-6-15-12-16(24)8-10-21(15)28)26-19-9-7-17(25)13-18(19)23(27)29/h2-13,28H,1H3/b11-6+. The Bertz CT molecular complexity index is 1330. The number of hydrogen-bond donors (Lipinski definition) is 1. The second kappa shape index (κ2) is 7.97. The Balaban J connectivity index is 1.99. The minimum atomic E-state index is -0.149. The normalized spacial score (nSPS) is 11.4. The highest BCUT2D eigenvalue weighted by Gasteiger charge is 2.13. The molecule has 1 heterocycles. The monoisotopic (exact) mass is 510 g/mol. The maximum absolute atomic E-state index is 13.4. The summed E-state index contributed by atoms with van der Waals surface area (Å²) in [6, 6.07) is 18.3. The summed E-state index contributed by atoms with van der Waals surface area (Å²) in [5, 5.41) is 10.7. The number of hydrogen-bond acceptors (Lipinski definition) is 3. The number of phenols is 1. The van der Waals surface area contributed by atoms with E-state index in [0.717, 1.165) is 20.2 Å². The zero-order valence-corrected chi connectivity index (χ0v) is 18.6. The molecular weight excluding hydrogens is 496 g/mol. The van der Waals surface area contributed by atoms with Crippen LogP contribution < -0.4 is 5.56 Å². The summed E-state index contributed by atoms with van der Waals surface area (Å²) >= 11 is 6.85. The van der Waals surface area contributed by atoms with Gasteiger partial charge < -0.3 is 5.11 Å². The Kier molecular flexibility index (Phi) is 5.39. The third-order valence-corrected chi connectivity index (χ3v) is 5.60. The van der Waals surface area contributed by atoms with Gasteiger partial charge in [0.1, 0.15) is 11.6 Å². The van der Waals surface area contributed by atoms with Gasteiger partial charge in [-0.25, -0.2) is 4.98 Å². The van der Waals surface area contributed by atoms with Gasteiger partial charge in [-0.05, 0) is 67.1 Å². The van der Waals surface area contributed by atoms with E-state index in [4.69, 9.17) is 4.98 Å². The second-order valence-electron chi connectivity index (χ2n) is 6.59. The van der Waals surface area contributed by atoms with Crippen molar-refractivity contribution in [3.63, 3.8) is 0 Å². The topological polar surface area (TPSA) is 55.1 Å². The van der Waals surface area contributed by atoms with E-state index in [1.165, 1.54) is 0 Å². The van der Waals surface area contributed by atoms with Crippen molar-refractivity contribution in [3.8, 4) is 11.4 Å². The fourth-order valence-corrected chi connectivity index (χ4v) is 3.90. The molecule has 0 unspecified atom stereocenters. The van der Waals surface area contributed by atoms with E-state index >= 15 is 0 Å². The summed E-state index contributed by atoms with van der Waals surface area (Å²) in [4.78, 5) is 18.1. The first-order valence-corrected chi connectivity index (χ1v) is 10.5. The van der Waals surface area contributed by atoms with E-state index in [1.807, 2.05) is 43.3 Å². The van der Waals surface area contributed by atoms with E-state index in [9.17, 15) is 9.90 Å². The molecule has 0 aliphatic heterocycles. The van der Waals surface area contributed by atoms with Gasteiger partial charge in [0.2, 0.25) is 0 Å². The lowest BCUT2D eigenvalue weighted by molar-refractivity contribution is 0.474. The number of aromatic hydroxyl groups is 1. The lowest BCUT2D eigenvalue weighted by atomic mass is 10.1. The molecule has 0 saturated carbocycles. The number of halogens is 2. The molecule has 0 aliphatic rings. The highest BCUT2D eigenvalue weighted by Crippen LogP contribution is 2.25. The van der Waals surface area contributed by atoms with E-state index in [-0.39, 0.29) is 11.3 Å². The van der Waals surface area contributed by atoms with Gasteiger partial charge in [-0.1, -0.05) is 50.1 Å². The van der Waals surface area contributed by atoms with Crippen molar-refractivity contribution in [1.29, 1.82) is 0 Å². The van der Waals surface area contributed by atoms with Crippen LogP contribution in [0.1, 0.15) is 17.0 Å². The fraction of sp³-hybridized carbons (Fsp3) is 0.0435. The van der Waals surface area contributed by atoms with Crippen LogP contribution in [-0.2, 0) is 0 Å². The Labute approximate surface area is 184 Å². The zero-order chi connectivity index (χ0) is 20.5. The third kappa shape index (κ3) is 3.91. The van der Waals surface area contributed by atoms with Gasteiger partial charge in [-0.15, -0.1) is 0 Å². The molecule has 4 nitrogen and oxygen atoms in total. The van der Waals surface area contributed by atoms with Gasteiger partial charge in [0.05, 0.1) is 16.6 Å². The lowest BCUT2D eigenvalue weighted by Crippen LogP contribution is -2.23. The van der Waals surface area contributed by atoms with Crippen LogP contribution in [0.2, 0.25) is 0 Å². The van der Waals surface area contributed by atoms with Crippen LogP contribution in [0, 0.1) is 6.92 Å². The Morgan fingerprint density at radius 1 is 0.966 bits per heavy atom. The lowest BCUT2D eigenvalue weighted by Gasteiger charge is -2.14. The molecule has 1 aromatic heterocycles. The van der Waals surface area contributed by atoms with Crippen LogP contribution in [0.15, 0.2) is 74.4 Å². The van der Waals surface area contributed by atoms with Crippen molar-refractivity contribution in [2.75, 3.05) is 0 Å². The van der Waals surface area contributed by atoms with Crippen LogP contribution in [0.25, 0.3) is 28.7 Å². The zero-order valence-electron chi connectivity index (χ0n) is 15.4. The average Bonchev–Trinajstić information content (AvgIpc) is 2.70. The van der Waals surface area contributed by atoms with Crippen molar-refractivity contribution in [2.24, 2.45) is 0 Å². The number of benzene rings is 3. The minimum absolute atomic E-state index is 0.149. The van der Waals surface area contributed by atoms with Gasteiger partial charge in [-0.3, -0.25) is 9.36 Å². The van der Waals surface area contributed by atoms with Gasteiger partial charge in [0.25, 0.3) is 5.56 Å². The summed E-state index contributed by atoms with van der Waals surface area (Å²) in [5.41, 5.74) is 2.82. The van der Waals surface area contributed by atoms with Crippen LogP contribution >= 0.6 is 31.9 Å². The summed E-state index contributed by atoms with van der Waals surface area (Å²) in [7, 11) is 0. The number of aromatic nitrogens is 2. The molecule has 0 fully saturated rings. The van der Waals surface area contributed by atoms with E-state index in [1.54, 1.807) is 41.0 Å². The van der Waals surface area contributed by atoms with Gasteiger partial charge in [0.15, 0.2) is 0 Å². The summed E-state index contributed by atoms with van der Waals surface area (Å²) in [6.45, 7) is 1.96. The number of phenolic OH excluding ortho intramolecular Hbond substituents is 1. The molecule has 4 rings (SSSR count). The molecule has 0 atom stereocenters. The van der Waals surface area contributed by atoms with Crippen molar-refractivity contribution < 1.29 is 5.11 Å². The molecule has 0 amide bonds. The van der Waals surface area contributed by atoms with Gasteiger partial charge in [0, 0.05) is 14.5 Å². The molecule has 6 heteroatoms. The number of nitrogens with zero attached hydrogens (tertiary/aromatic N) is 2. The maximum atomic E-state index is 13.4. The number of fused-ring (bicyclic) bond motifs is 1. The second-order valence-corrected chi connectivity index (χ2v) is 8.43.